The Morgan fingerprint density at radius 2 is 1.96 bits per heavy atom. The van der Waals surface area contributed by atoms with E-state index in [0.29, 0.717) is 16.9 Å². The Bertz CT molecular complexity index is 787. The Morgan fingerprint density at radius 3 is 2.56 bits per heavy atom. The lowest BCUT2D eigenvalue weighted by atomic mass is 10.3. The molecule has 1 aromatic carbocycles. The van der Waals surface area contributed by atoms with Crippen molar-refractivity contribution in [1.82, 2.24) is 9.97 Å². The molecule has 1 heterocycles. The maximum atomic E-state index is 13.0. The lowest BCUT2D eigenvalue weighted by Gasteiger charge is -2.14. The van der Waals surface area contributed by atoms with Crippen LogP contribution in [-0.2, 0) is 11.0 Å². The lowest BCUT2D eigenvalue weighted by molar-refractivity contribution is -0.137. The van der Waals surface area contributed by atoms with Gasteiger partial charge in [0.05, 0.1) is 16.5 Å². The van der Waals surface area contributed by atoms with Crippen LogP contribution in [0.3, 0.4) is 0 Å². The van der Waals surface area contributed by atoms with Crippen LogP contribution in [0.2, 0.25) is 10.0 Å². The minimum absolute atomic E-state index is 0.121. The van der Waals surface area contributed by atoms with Crippen LogP contribution < -0.4 is 10.6 Å². The number of carboxylic acid groups (broad SMARTS) is 1. The number of carboxylic acids is 1. The van der Waals surface area contributed by atoms with Crippen molar-refractivity contribution in [2.45, 2.75) is 12.6 Å². The Morgan fingerprint density at radius 1 is 1.24 bits per heavy atom. The van der Waals surface area contributed by atoms with E-state index in [0.717, 1.165) is 0 Å². The van der Waals surface area contributed by atoms with E-state index < -0.39 is 23.5 Å². The first-order valence-electron chi connectivity index (χ1n) is 6.79. The highest BCUT2D eigenvalue weighted by Crippen LogP contribution is 2.34. The molecule has 1 aromatic heterocycles. The quantitative estimate of drug-likeness (QED) is 0.671. The van der Waals surface area contributed by atoms with E-state index in [1.54, 1.807) is 6.07 Å². The Hall–Kier alpha value is -2.26. The number of alkyl halides is 3. The minimum atomic E-state index is -4.69. The fraction of sp³-hybridized carbons (Fsp3) is 0.214. The van der Waals surface area contributed by atoms with Crippen molar-refractivity contribution in [3.8, 4) is 0 Å². The van der Waals surface area contributed by atoms with Crippen LogP contribution in [0.1, 0.15) is 12.0 Å². The smallest absolute Gasteiger partial charge is 0.421 e. The standard InChI is InChI=1S/C14H11Cl2F3N4O2/c15-9-2-1-7(5-10(9)16)22-13-21-6-8(14(17,18)19)12(23-13)20-4-3-11(24)25/h1-2,5-6H,3-4H2,(H,24,25)(H2,20,21,22,23). The van der Waals surface area contributed by atoms with Gasteiger partial charge in [0.2, 0.25) is 5.95 Å². The first-order valence-corrected chi connectivity index (χ1v) is 7.54. The number of aromatic nitrogens is 2. The summed E-state index contributed by atoms with van der Waals surface area (Å²) in [6.07, 6.45) is -4.44. The van der Waals surface area contributed by atoms with Gasteiger partial charge in [-0.2, -0.15) is 18.2 Å². The van der Waals surface area contributed by atoms with Crippen molar-refractivity contribution in [2.75, 3.05) is 17.2 Å². The van der Waals surface area contributed by atoms with E-state index in [1.807, 2.05) is 0 Å². The van der Waals surface area contributed by atoms with Gasteiger partial charge in [0.1, 0.15) is 11.4 Å². The third-order valence-corrected chi connectivity index (χ3v) is 3.64. The number of benzene rings is 1. The van der Waals surface area contributed by atoms with Gasteiger partial charge in [-0.05, 0) is 18.2 Å². The maximum Gasteiger partial charge on any atom is 0.421 e. The van der Waals surface area contributed by atoms with Crippen LogP contribution in [0.5, 0.6) is 0 Å². The number of carbonyl (C=O) groups is 1. The molecule has 0 aliphatic heterocycles. The van der Waals surface area contributed by atoms with Gasteiger partial charge in [-0.25, -0.2) is 4.98 Å². The predicted octanol–water partition coefficient (Wildman–Crippen LogP) is 4.43. The molecule has 25 heavy (non-hydrogen) atoms. The molecule has 0 fully saturated rings. The second-order valence-electron chi connectivity index (χ2n) is 4.78. The van der Waals surface area contributed by atoms with Gasteiger partial charge in [0, 0.05) is 18.4 Å². The summed E-state index contributed by atoms with van der Waals surface area (Å²) in [5, 5.41) is 14.2. The molecule has 0 bridgehead atoms. The van der Waals surface area contributed by atoms with Gasteiger partial charge < -0.3 is 15.7 Å². The highest BCUT2D eigenvalue weighted by molar-refractivity contribution is 6.42. The van der Waals surface area contributed by atoms with E-state index in [-0.39, 0.29) is 23.9 Å². The van der Waals surface area contributed by atoms with E-state index in [2.05, 4.69) is 20.6 Å². The number of rotatable bonds is 6. The zero-order chi connectivity index (χ0) is 18.6. The predicted molar refractivity (Wildman–Crippen MR) is 87.5 cm³/mol. The second-order valence-corrected chi connectivity index (χ2v) is 5.59. The SMILES string of the molecule is O=C(O)CCNc1nc(Nc2ccc(Cl)c(Cl)c2)ncc1C(F)(F)F. The molecule has 11 heteroatoms. The number of nitrogens with zero attached hydrogens (tertiary/aromatic N) is 2. The van der Waals surface area contributed by atoms with Crippen molar-refractivity contribution < 1.29 is 23.1 Å². The lowest BCUT2D eigenvalue weighted by Crippen LogP contribution is -2.16. The largest absolute Gasteiger partial charge is 0.481 e. The second kappa shape index (κ2) is 7.75. The molecular weight excluding hydrogens is 384 g/mol. The molecule has 3 N–H and O–H groups in total. The fourth-order valence-corrected chi connectivity index (χ4v) is 2.07. The van der Waals surface area contributed by atoms with Crippen LogP contribution in [0.25, 0.3) is 0 Å². The molecule has 0 unspecified atom stereocenters. The van der Waals surface area contributed by atoms with Gasteiger partial charge in [0.25, 0.3) is 0 Å². The van der Waals surface area contributed by atoms with E-state index >= 15 is 0 Å². The topological polar surface area (TPSA) is 87.1 Å². The summed E-state index contributed by atoms with van der Waals surface area (Å²) >= 11 is 11.7. The molecule has 0 saturated heterocycles. The molecule has 0 saturated carbocycles. The van der Waals surface area contributed by atoms with Gasteiger partial charge in [-0.15, -0.1) is 0 Å². The van der Waals surface area contributed by atoms with Gasteiger partial charge >= 0.3 is 12.1 Å². The Kier molecular flexibility index (Phi) is 5.91. The average molecular weight is 395 g/mol. The summed E-state index contributed by atoms with van der Waals surface area (Å²) in [7, 11) is 0. The van der Waals surface area contributed by atoms with Crippen LogP contribution in [0.15, 0.2) is 24.4 Å². The van der Waals surface area contributed by atoms with Crippen molar-refractivity contribution in [3.63, 3.8) is 0 Å². The van der Waals surface area contributed by atoms with Gasteiger partial charge in [-0.3, -0.25) is 4.79 Å². The summed E-state index contributed by atoms with van der Waals surface area (Å²) in [4.78, 5) is 17.9. The molecule has 0 atom stereocenters. The zero-order valence-corrected chi connectivity index (χ0v) is 13.9. The van der Waals surface area contributed by atoms with E-state index in [1.165, 1.54) is 12.1 Å². The third kappa shape index (κ3) is 5.36. The van der Waals surface area contributed by atoms with Crippen LogP contribution >= 0.6 is 23.2 Å². The average Bonchev–Trinajstić information content (AvgIpc) is 2.50. The molecule has 0 radical (unpaired) electrons. The summed E-state index contributed by atoms with van der Waals surface area (Å²) < 4.78 is 39.0. The summed E-state index contributed by atoms with van der Waals surface area (Å²) in [6, 6.07) is 4.51. The highest BCUT2D eigenvalue weighted by atomic mass is 35.5. The van der Waals surface area contributed by atoms with E-state index in [4.69, 9.17) is 28.3 Å². The first-order chi connectivity index (χ1) is 11.7. The Balaban J connectivity index is 2.26. The Labute approximate surface area is 150 Å². The molecule has 134 valence electrons. The maximum absolute atomic E-state index is 13.0. The third-order valence-electron chi connectivity index (χ3n) is 2.90. The first kappa shape index (κ1) is 19.1. The summed E-state index contributed by atoms with van der Waals surface area (Å²) in [5.74, 6) is -1.79. The molecule has 0 spiro atoms. The van der Waals surface area contributed by atoms with Crippen LogP contribution in [0.4, 0.5) is 30.6 Å². The van der Waals surface area contributed by atoms with Crippen molar-refractivity contribution >= 4 is 46.6 Å². The summed E-state index contributed by atoms with van der Waals surface area (Å²) in [6.45, 7) is -0.221. The number of hydrogen-bond acceptors (Lipinski definition) is 5. The number of hydrogen-bond donors (Lipinski definition) is 3. The molecule has 0 amide bonds. The van der Waals surface area contributed by atoms with Crippen molar-refractivity contribution in [1.29, 1.82) is 0 Å². The molecule has 0 aliphatic carbocycles. The highest BCUT2D eigenvalue weighted by Gasteiger charge is 2.35. The molecule has 0 aliphatic rings. The minimum Gasteiger partial charge on any atom is -0.481 e. The fourth-order valence-electron chi connectivity index (χ4n) is 1.78. The van der Waals surface area contributed by atoms with Crippen LogP contribution in [0, 0.1) is 0 Å². The summed E-state index contributed by atoms with van der Waals surface area (Å²) in [5.41, 5.74) is -0.678. The number of aliphatic carboxylic acids is 1. The van der Waals surface area contributed by atoms with Gasteiger partial charge in [-0.1, -0.05) is 23.2 Å². The monoisotopic (exact) mass is 394 g/mol. The zero-order valence-electron chi connectivity index (χ0n) is 12.4. The molecule has 6 nitrogen and oxygen atoms in total. The normalized spacial score (nSPS) is 11.2. The molecule has 2 rings (SSSR count). The van der Waals surface area contributed by atoms with Gasteiger partial charge in [0.15, 0.2) is 0 Å². The molecular formula is C14H11Cl2F3N4O2. The van der Waals surface area contributed by atoms with Crippen molar-refractivity contribution in [2.24, 2.45) is 0 Å². The number of halogens is 5. The molecule has 2 aromatic rings. The number of nitrogens with one attached hydrogen (secondary N) is 2. The van der Waals surface area contributed by atoms with Crippen molar-refractivity contribution in [3.05, 3.63) is 40.0 Å². The number of anilines is 3. The van der Waals surface area contributed by atoms with Crippen LogP contribution in [-0.4, -0.2) is 27.6 Å². The van der Waals surface area contributed by atoms with E-state index in [9.17, 15) is 18.0 Å².